The molecule has 90 valence electrons. The van der Waals surface area contributed by atoms with E-state index in [1.54, 1.807) is 0 Å². The quantitative estimate of drug-likeness (QED) is 0.459. The molecule has 6 heteroatoms. The number of phenolic OH excluding ortho intramolecular Hbond substituents is 2. The molecule has 0 heterocycles. The zero-order chi connectivity index (χ0) is 12.7. The van der Waals surface area contributed by atoms with Crippen LogP contribution in [-0.4, -0.2) is 34.0 Å². The molecule has 1 unspecified atom stereocenters. The minimum absolute atomic E-state index is 0.114. The average molecular weight is 245 g/mol. The number of hydrogen-bond acceptors (Lipinski definition) is 4. The summed E-state index contributed by atoms with van der Waals surface area (Å²) in [4.78, 5) is 10.4. The fourth-order valence-electron chi connectivity index (χ4n) is 1.04. The molecule has 0 saturated carbocycles. The maximum atomic E-state index is 10.4. The molecule has 0 bridgehead atoms. The second-order valence-electron chi connectivity index (χ2n) is 2.97. The number of carboxylic acid groups (broad SMARTS) is 1. The van der Waals surface area contributed by atoms with Crippen molar-refractivity contribution in [2.24, 2.45) is 5.73 Å². The summed E-state index contributed by atoms with van der Waals surface area (Å²) in [7, 11) is 2.42. The maximum Gasteiger partial charge on any atom is 0.320 e. The van der Waals surface area contributed by atoms with Crippen molar-refractivity contribution in [1.82, 2.24) is 0 Å². The van der Waals surface area contributed by atoms with Crippen molar-refractivity contribution in [2.45, 2.75) is 12.5 Å². The Morgan fingerprint density at radius 1 is 1.38 bits per heavy atom. The van der Waals surface area contributed by atoms with E-state index in [0.29, 0.717) is 5.56 Å². The smallest absolute Gasteiger partial charge is 0.320 e. The molecule has 5 N–H and O–H groups in total. The van der Waals surface area contributed by atoms with Gasteiger partial charge in [0.05, 0.1) is 0 Å². The van der Waals surface area contributed by atoms with Crippen molar-refractivity contribution >= 4 is 15.2 Å². The van der Waals surface area contributed by atoms with Crippen molar-refractivity contribution in [3.63, 3.8) is 0 Å². The Hall–Kier alpha value is -1.32. The summed E-state index contributed by atoms with van der Waals surface area (Å²) in [5, 5.41) is 26.6. The van der Waals surface area contributed by atoms with Crippen LogP contribution in [0.4, 0.5) is 0 Å². The average Bonchev–Trinajstić information content (AvgIpc) is 2.26. The predicted octanol–water partition coefficient (Wildman–Crippen LogP) is 0.543. The van der Waals surface area contributed by atoms with Gasteiger partial charge < -0.3 is 21.1 Å². The number of rotatable bonds is 3. The molecule has 1 aromatic carbocycles. The van der Waals surface area contributed by atoms with Gasteiger partial charge in [0.15, 0.2) is 11.5 Å². The summed E-state index contributed by atoms with van der Waals surface area (Å²) in [5.74, 6) is -1.62. The molecule has 0 amide bonds. The third-order valence-electron chi connectivity index (χ3n) is 1.81. The lowest BCUT2D eigenvalue weighted by Crippen LogP contribution is -2.32. The Labute approximate surface area is 96.1 Å². The largest absolute Gasteiger partial charge is 0.504 e. The molecule has 0 fully saturated rings. The fraction of sp³-hybridized carbons (Fsp3) is 0.300. The number of carboxylic acids is 1. The van der Waals surface area contributed by atoms with E-state index in [9.17, 15) is 4.79 Å². The third kappa shape index (κ3) is 4.47. The van der Waals surface area contributed by atoms with Crippen LogP contribution in [0.5, 0.6) is 11.5 Å². The fourth-order valence-corrected chi connectivity index (χ4v) is 1.04. The normalized spacial score (nSPS) is 11.2. The maximum absolute atomic E-state index is 10.4. The van der Waals surface area contributed by atoms with Crippen LogP contribution < -0.4 is 5.73 Å². The summed E-state index contributed by atoms with van der Waals surface area (Å²) in [6.45, 7) is 1.92. The number of aromatic hydroxyl groups is 2. The van der Waals surface area contributed by atoms with Gasteiger partial charge >= 0.3 is 5.97 Å². The summed E-state index contributed by atoms with van der Waals surface area (Å²) in [6, 6.07) is 3.09. The van der Waals surface area contributed by atoms with Crippen LogP contribution >= 0.6 is 9.24 Å². The van der Waals surface area contributed by atoms with E-state index in [1.165, 1.54) is 18.2 Å². The van der Waals surface area contributed by atoms with Gasteiger partial charge in [-0.3, -0.25) is 4.79 Å². The molecule has 1 aromatic rings. The van der Waals surface area contributed by atoms with Crippen molar-refractivity contribution in [2.75, 3.05) is 6.66 Å². The molecule has 0 aliphatic rings. The van der Waals surface area contributed by atoms with Crippen LogP contribution in [0.25, 0.3) is 0 Å². The lowest BCUT2D eigenvalue weighted by molar-refractivity contribution is -0.138. The number of benzene rings is 1. The Morgan fingerprint density at radius 2 is 1.94 bits per heavy atom. The summed E-state index contributed by atoms with van der Waals surface area (Å²) >= 11 is 0. The highest BCUT2D eigenvalue weighted by molar-refractivity contribution is 7.15. The first-order valence-corrected chi connectivity index (χ1v) is 5.73. The van der Waals surface area contributed by atoms with Gasteiger partial charge in [0.25, 0.3) is 0 Å². The summed E-state index contributed by atoms with van der Waals surface area (Å²) in [5.41, 5.74) is 5.86. The first kappa shape index (κ1) is 14.7. The van der Waals surface area contributed by atoms with E-state index in [1.807, 2.05) is 6.66 Å². The second-order valence-corrected chi connectivity index (χ2v) is 2.97. The SMILES string of the molecule is CP.N[C@@H](Cc1ccc(O)c(O)c1)C(=O)O. The minimum atomic E-state index is -1.10. The summed E-state index contributed by atoms with van der Waals surface area (Å²) in [6.07, 6.45) is 0.114. The lowest BCUT2D eigenvalue weighted by Gasteiger charge is -2.06. The van der Waals surface area contributed by atoms with E-state index in [-0.39, 0.29) is 17.9 Å². The first-order chi connectivity index (χ1) is 7.50. The monoisotopic (exact) mass is 245 g/mol. The number of hydrogen-bond donors (Lipinski definition) is 4. The van der Waals surface area contributed by atoms with Gasteiger partial charge in [-0.05, 0) is 24.1 Å². The number of aliphatic carboxylic acids is 1. The zero-order valence-electron chi connectivity index (χ0n) is 8.92. The lowest BCUT2D eigenvalue weighted by atomic mass is 10.1. The van der Waals surface area contributed by atoms with Crippen molar-refractivity contribution in [3.8, 4) is 11.5 Å². The Morgan fingerprint density at radius 3 is 2.38 bits per heavy atom. The van der Waals surface area contributed by atoms with Gasteiger partial charge in [-0.25, -0.2) is 0 Å². The van der Waals surface area contributed by atoms with Crippen molar-refractivity contribution in [3.05, 3.63) is 23.8 Å². The van der Waals surface area contributed by atoms with Crippen LogP contribution in [0.15, 0.2) is 18.2 Å². The molecule has 0 radical (unpaired) electrons. The molecule has 1 rings (SSSR count). The standard InChI is InChI=1S/C9H11NO4.CH5P/c10-6(9(13)14)3-5-1-2-7(11)8(12)4-5;1-2/h1-2,4,6,11-12H,3,10H2,(H,13,14);2H2,1H3/t6-;/m0./s1. The predicted molar refractivity (Wildman–Crippen MR) is 64.7 cm³/mol. The van der Waals surface area contributed by atoms with Gasteiger partial charge in [-0.1, -0.05) is 12.7 Å². The molecule has 16 heavy (non-hydrogen) atoms. The Bertz CT molecular complexity index is 357. The van der Waals surface area contributed by atoms with Crippen LogP contribution in [0, 0.1) is 0 Å². The summed E-state index contributed by atoms with van der Waals surface area (Å²) < 4.78 is 0. The number of phenols is 2. The van der Waals surface area contributed by atoms with E-state index in [2.05, 4.69) is 9.24 Å². The van der Waals surface area contributed by atoms with E-state index in [0.717, 1.165) is 0 Å². The second kappa shape index (κ2) is 7.04. The van der Waals surface area contributed by atoms with E-state index < -0.39 is 12.0 Å². The van der Waals surface area contributed by atoms with Gasteiger partial charge in [-0.2, -0.15) is 0 Å². The number of carbonyl (C=O) groups is 1. The van der Waals surface area contributed by atoms with Gasteiger partial charge in [0.1, 0.15) is 6.04 Å². The van der Waals surface area contributed by atoms with Crippen LogP contribution in [-0.2, 0) is 11.2 Å². The number of nitrogens with two attached hydrogens (primary N) is 1. The van der Waals surface area contributed by atoms with Crippen LogP contribution in [0.2, 0.25) is 0 Å². The first-order valence-electron chi connectivity index (χ1n) is 4.57. The molecule has 0 aliphatic heterocycles. The Kier molecular flexibility index (Phi) is 6.46. The molecule has 5 nitrogen and oxygen atoms in total. The van der Waals surface area contributed by atoms with Crippen LogP contribution in [0.1, 0.15) is 5.56 Å². The molecular formula is C10H16NO4P. The molecule has 0 aromatic heterocycles. The highest BCUT2D eigenvalue weighted by Gasteiger charge is 2.12. The molecule has 0 spiro atoms. The minimum Gasteiger partial charge on any atom is -0.504 e. The molecular weight excluding hydrogens is 229 g/mol. The van der Waals surface area contributed by atoms with Gasteiger partial charge in [0.2, 0.25) is 0 Å². The van der Waals surface area contributed by atoms with Crippen molar-refractivity contribution in [1.29, 1.82) is 0 Å². The van der Waals surface area contributed by atoms with E-state index >= 15 is 0 Å². The molecule has 0 aliphatic carbocycles. The highest BCUT2D eigenvalue weighted by Crippen LogP contribution is 2.25. The van der Waals surface area contributed by atoms with Gasteiger partial charge in [0, 0.05) is 0 Å². The molecule has 0 saturated heterocycles. The molecule has 2 atom stereocenters. The zero-order valence-corrected chi connectivity index (χ0v) is 10.1. The topological polar surface area (TPSA) is 104 Å². The van der Waals surface area contributed by atoms with Crippen molar-refractivity contribution < 1.29 is 20.1 Å². The Balaban J connectivity index is 0.00000106. The van der Waals surface area contributed by atoms with Crippen LogP contribution in [0.3, 0.4) is 0 Å². The van der Waals surface area contributed by atoms with Gasteiger partial charge in [-0.15, -0.1) is 9.24 Å². The third-order valence-corrected chi connectivity index (χ3v) is 1.81. The van der Waals surface area contributed by atoms with E-state index in [4.69, 9.17) is 21.1 Å². The highest BCUT2D eigenvalue weighted by atomic mass is 31.0.